The molecule has 1 rings (SSSR count). The van der Waals surface area contributed by atoms with Gasteiger partial charge in [0, 0.05) is 13.1 Å². The minimum Gasteiger partial charge on any atom is -0.480 e. The molecule has 2 unspecified atom stereocenters. The second-order valence-electron chi connectivity index (χ2n) is 5.88. The molecule has 0 spiro atoms. The smallest absolute Gasteiger partial charge is 0.323 e. The van der Waals surface area contributed by atoms with Crippen LogP contribution in [0.15, 0.2) is 0 Å². The Kier molecular flexibility index (Phi) is 6.80. The molecule has 0 saturated heterocycles. The Hall–Kier alpha value is -0.610. The molecule has 1 fully saturated rings. The highest BCUT2D eigenvalue weighted by atomic mass is 16.4. The summed E-state index contributed by atoms with van der Waals surface area (Å²) in [4.78, 5) is 14.0. The van der Waals surface area contributed by atoms with Gasteiger partial charge in [0.2, 0.25) is 0 Å². The molecule has 0 aromatic heterocycles. The van der Waals surface area contributed by atoms with Crippen molar-refractivity contribution in [3.63, 3.8) is 0 Å². The van der Waals surface area contributed by atoms with E-state index in [0.717, 1.165) is 58.3 Å². The lowest BCUT2D eigenvalue weighted by atomic mass is 9.89. The van der Waals surface area contributed by atoms with Crippen LogP contribution in [0.4, 0.5) is 0 Å². The molecule has 1 aliphatic rings. The van der Waals surface area contributed by atoms with Crippen molar-refractivity contribution in [2.45, 2.75) is 58.4 Å². The summed E-state index contributed by atoms with van der Waals surface area (Å²) in [6, 6.07) is 0. The third-order valence-electron chi connectivity index (χ3n) is 4.56. The van der Waals surface area contributed by atoms with Crippen LogP contribution in [0.1, 0.15) is 52.9 Å². The largest absolute Gasteiger partial charge is 0.480 e. The van der Waals surface area contributed by atoms with Gasteiger partial charge in [-0.1, -0.05) is 33.6 Å². The minimum atomic E-state index is -0.683. The average molecular weight is 270 g/mol. The van der Waals surface area contributed by atoms with E-state index in [1.54, 1.807) is 0 Å². The van der Waals surface area contributed by atoms with Crippen LogP contribution in [0, 0.1) is 5.92 Å². The Morgan fingerprint density at radius 1 is 1.32 bits per heavy atom. The van der Waals surface area contributed by atoms with Crippen LogP contribution in [0.5, 0.6) is 0 Å². The van der Waals surface area contributed by atoms with Crippen molar-refractivity contribution in [2.75, 3.05) is 26.2 Å². The van der Waals surface area contributed by atoms with Crippen LogP contribution in [-0.4, -0.2) is 47.7 Å². The van der Waals surface area contributed by atoms with Crippen molar-refractivity contribution in [3.05, 3.63) is 0 Å². The van der Waals surface area contributed by atoms with E-state index in [1.807, 2.05) is 0 Å². The van der Waals surface area contributed by atoms with Crippen LogP contribution in [0.3, 0.4) is 0 Å². The van der Waals surface area contributed by atoms with Gasteiger partial charge in [-0.15, -0.1) is 0 Å². The van der Waals surface area contributed by atoms with E-state index in [-0.39, 0.29) is 0 Å². The molecule has 0 aliphatic heterocycles. The Bertz CT molecular complexity index is 279. The first-order valence-corrected chi connectivity index (χ1v) is 7.75. The molecule has 4 heteroatoms. The lowest BCUT2D eigenvalue weighted by molar-refractivity contribution is -0.145. The highest BCUT2D eigenvalue weighted by Gasteiger charge is 2.38. The Labute approximate surface area is 117 Å². The Morgan fingerprint density at radius 3 is 2.58 bits per heavy atom. The fourth-order valence-electron chi connectivity index (χ4n) is 2.97. The molecule has 0 aromatic carbocycles. The maximum Gasteiger partial charge on any atom is 0.323 e. The van der Waals surface area contributed by atoms with E-state index in [9.17, 15) is 9.90 Å². The molecule has 0 aromatic rings. The van der Waals surface area contributed by atoms with Crippen LogP contribution in [-0.2, 0) is 4.79 Å². The van der Waals surface area contributed by atoms with Crippen molar-refractivity contribution < 1.29 is 9.90 Å². The van der Waals surface area contributed by atoms with E-state index in [2.05, 4.69) is 31.0 Å². The molecule has 0 heterocycles. The van der Waals surface area contributed by atoms with E-state index in [0.29, 0.717) is 5.92 Å². The summed E-state index contributed by atoms with van der Waals surface area (Å²) in [7, 11) is 0. The first kappa shape index (κ1) is 16.4. The third kappa shape index (κ3) is 4.77. The van der Waals surface area contributed by atoms with Crippen LogP contribution in [0.2, 0.25) is 0 Å². The number of carboxylic acid groups (broad SMARTS) is 1. The third-order valence-corrected chi connectivity index (χ3v) is 4.56. The van der Waals surface area contributed by atoms with Crippen molar-refractivity contribution >= 4 is 5.97 Å². The van der Waals surface area contributed by atoms with Gasteiger partial charge in [0.1, 0.15) is 5.54 Å². The van der Waals surface area contributed by atoms with Gasteiger partial charge in [-0.25, -0.2) is 0 Å². The number of carboxylic acids is 1. The molecule has 0 radical (unpaired) electrons. The van der Waals surface area contributed by atoms with Gasteiger partial charge in [0.05, 0.1) is 0 Å². The van der Waals surface area contributed by atoms with E-state index < -0.39 is 11.5 Å². The maximum absolute atomic E-state index is 11.7. The highest BCUT2D eigenvalue weighted by molar-refractivity contribution is 5.78. The molecule has 2 N–H and O–H groups in total. The molecule has 4 nitrogen and oxygen atoms in total. The minimum absolute atomic E-state index is 0.658. The second-order valence-corrected chi connectivity index (χ2v) is 5.88. The molecule has 1 saturated carbocycles. The quantitative estimate of drug-likeness (QED) is 0.697. The number of carbonyl (C=O) groups is 1. The number of hydrogen-bond donors (Lipinski definition) is 2. The number of likely N-dealkylation sites (N-methyl/N-ethyl adjacent to an activating group) is 1. The molecule has 2 atom stereocenters. The van der Waals surface area contributed by atoms with Gasteiger partial charge in [-0.05, 0) is 38.3 Å². The molecule has 0 amide bonds. The van der Waals surface area contributed by atoms with Gasteiger partial charge in [-0.2, -0.15) is 0 Å². The summed E-state index contributed by atoms with van der Waals surface area (Å²) in [5.74, 6) is -0.00745. The Morgan fingerprint density at radius 2 is 2.00 bits per heavy atom. The predicted octanol–water partition coefficient (Wildman–Crippen LogP) is 2.34. The monoisotopic (exact) mass is 270 g/mol. The van der Waals surface area contributed by atoms with Crippen LogP contribution >= 0.6 is 0 Å². The summed E-state index contributed by atoms with van der Waals surface area (Å²) >= 11 is 0. The zero-order valence-corrected chi connectivity index (χ0v) is 12.7. The summed E-state index contributed by atoms with van der Waals surface area (Å²) in [6.45, 7) is 10.3. The normalized spacial score (nSPS) is 28.3. The molecular weight excluding hydrogens is 240 g/mol. The lowest BCUT2D eigenvalue weighted by Gasteiger charge is -2.31. The summed E-state index contributed by atoms with van der Waals surface area (Å²) in [5.41, 5.74) is -0.683. The number of hydrogen-bond acceptors (Lipinski definition) is 3. The summed E-state index contributed by atoms with van der Waals surface area (Å²) < 4.78 is 0. The van der Waals surface area contributed by atoms with Gasteiger partial charge < -0.3 is 15.3 Å². The average Bonchev–Trinajstić information content (AvgIpc) is 2.58. The van der Waals surface area contributed by atoms with E-state index in [1.165, 1.54) is 0 Å². The maximum atomic E-state index is 11.7. The topological polar surface area (TPSA) is 52.6 Å². The number of aliphatic carboxylic acids is 1. The number of nitrogens with zero attached hydrogens (tertiary/aromatic N) is 1. The fraction of sp³-hybridized carbons (Fsp3) is 0.933. The van der Waals surface area contributed by atoms with Crippen molar-refractivity contribution in [1.82, 2.24) is 10.2 Å². The SMILES string of the molecule is CCN(CC)CCNC1(C(=O)O)CCCC(C)CC1. The fourth-order valence-corrected chi connectivity index (χ4v) is 2.97. The molecule has 19 heavy (non-hydrogen) atoms. The summed E-state index contributed by atoms with van der Waals surface area (Å²) in [6.07, 6.45) is 4.73. The standard InChI is InChI=1S/C15H30N2O2/c1-4-17(5-2)12-11-16-15(14(18)19)9-6-7-13(3)8-10-15/h13,16H,4-12H2,1-3H3,(H,18,19). The molecule has 1 aliphatic carbocycles. The van der Waals surface area contributed by atoms with Gasteiger partial charge in [0.25, 0.3) is 0 Å². The van der Waals surface area contributed by atoms with Crippen LogP contribution in [0.25, 0.3) is 0 Å². The van der Waals surface area contributed by atoms with Crippen molar-refractivity contribution in [1.29, 1.82) is 0 Å². The van der Waals surface area contributed by atoms with Crippen molar-refractivity contribution in [3.8, 4) is 0 Å². The van der Waals surface area contributed by atoms with Crippen LogP contribution < -0.4 is 5.32 Å². The molecule has 0 bridgehead atoms. The van der Waals surface area contributed by atoms with Gasteiger partial charge >= 0.3 is 5.97 Å². The van der Waals surface area contributed by atoms with Crippen molar-refractivity contribution in [2.24, 2.45) is 5.92 Å². The molecular formula is C15H30N2O2. The first-order valence-electron chi connectivity index (χ1n) is 7.75. The zero-order chi connectivity index (χ0) is 14.3. The second kappa shape index (κ2) is 7.85. The first-order chi connectivity index (χ1) is 9.04. The number of rotatable bonds is 7. The summed E-state index contributed by atoms with van der Waals surface area (Å²) in [5, 5.41) is 13.0. The van der Waals surface area contributed by atoms with Gasteiger partial charge in [0.15, 0.2) is 0 Å². The number of nitrogens with one attached hydrogen (secondary N) is 1. The van der Waals surface area contributed by atoms with Gasteiger partial charge in [-0.3, -0.25) is 4.79 Å². The van der Waals surface area contributed by atoms with E-state index >= 15 is 0 Å². The zero-order valence-electron chi connectivity index (χ0n) is 12.7. The highest BCUT2D eigenvalue weighted by Crippen LogP contribution is 2.30. The van der Waals surface area contributed by atoms with E-state index in [4.69, 9.17) is 0 Å². The predicted molar refractivity (Wildman–Crippen MR) is 78.4 cm³/mol. The Balaban J connectivity index is 2.54. The molecule has 112 valence electrons. The lowest BCUT2D eigenvalue weighted by Crippen LogP contribution is -2.53.